The van der Waals surface area contributed by atoms with E-state index in [9.17, 15) is 19.8 Å². The molecule has 12 heteroatoms. The van der Waals surface area contributed by atoms with Crippen LogP contribution < -0.4 is 5.32 Å². The Labute approximate surface area is 300 Å². The van der Waals surface area contributed by atoms with Crippen molar-refractivity contribution in [3.63, 3.8) is 0 Å². The third-order valence-corrected chi connectivity index (χ3v) is 10.9. The van der Waals surface area contributed by atoms with Gasteiger partial charge in [-0.3, -0.25) is 24.4 Å². The van der Waals surface area contributed by atoms with Crippen molar-refractivity contribution in [1.82, 2.24) is 25.1 Å². The molecule has 4 atom stereocenters. The molecule has 0 bridgehead atoms. The SMILES string of the molecule is CC1(Cl)C(c2ccccc2)=CC=CC1(NC(=O)c1ccc(CN2CC[C@H](O)C2)cn1)c1nc2cc(CN3CCCC[C@H]3C(=O)O)cc(Cl)c2o1. The van der Waals surface area contributed by atoms with Crippen LogP contribution in [0.25, 0.3) is 16.7 Å². The molecule has 3 N–H and O–H groups in total. The molecule has 2 saturated heterocycles. The van der Waals surface area contributed by atoms with E-state index in [1.165, 1.54) is 0 Å². The van der Waals surface area contributed by atoms with Gasteiger partial charge in [-0.1, -0.05) is 66.6 Å². The number of β-amino-alcohol motifs (C(OH)–C–C–N with tert-alkyl or cyclic N) is 1. The summed E-state index contributed by atoms with van der Waals surface area (Å²) in [5.74, 6) is -1.17. The maximum Gasteiger partial charge on any atom is 0.320 e. The molecule has 0 spiro atoms. The molecule has 1 aliphatic carbocycles. The fourth-order valence-electron chi connectivity index (χ4n) is 7.39. The minimum atomic E-state index is -1.48. The number of pyridine rings is 1. The average Bonchev–Trinajstić information content (AvgIpc) is 3.72. The monoisotopic (exact) mass is 715 g/mol. The number of nitrogens with one attached hydrogen (secondary N) is 1. The number of aliphatic hydroxyl groups is 1. The average molecular weight is 717 g/mol. The van der Waals surface area contributed by atoms with E-state index in [1.807, 2.05) is 66.4 Å². The van der Waals surface area contributed by atoms with Gasteiger partial charge < -0.3 is 19.9 Å². The summed E-state index contributed by atoms with van der Waals surface area (Å²) >= 11 is 14.4. The van der Waals surface area contributed by atoms with E-state index in [0.717, 1.165) is 48.1 Å². The van der Waals surface area contributed by atoms with Gasteiger partial charge in [0.15, 0.2) is 11.1 Å². The number of hydrogen-bond donors (Lipinski definition) is 3. The van der Waals surface area contributed by atoms with E-state index in [-0.39, 0.29) is 17.7 Å². The van der Waals surface area contributed by atoms with E-state index in [1.54, 1.807) is 24.4 Å². The van der Waals surface area contributed by atoms with Gasteiger partial charge in [0, 0.05) is 32.4 Å². The highest BCUT2D eigenvalue weighted by atomic mass is 35.5. The Balaban J connectivity index is 1.24. The van der Waals surface area contributed by atoms with E-state index < -0.39 is 28.3 Å². The Hall–Kier alpha value is -4.06. The molecule has 10 nitrogen and oxygen atoms in total. The summed E-state index contributed by atoms with van der Waals surface area (Å²) in [6, 6.07) is 16.3. The lowest BCUT2D eigenvalue weighted by Gasteiger charge is -2.44. The van der Waals surface area contributed by atoms with Crippen molar-refractivity contribution in [2.24, 2.45) is 0 Å². The zero-order chi connectivity index (χ0) is 35.0. The predicted octanol–water partition coefficient (Wildman–Crippen LogP) is 6.16. The summed E-state index contributed by atoms with van der Waals surface area (Å²) in [5.41, 5.74) is 2.86. The summed E-state index contributed by atoms with van der Waals surface area (Å²) < 4.78 is 6.43. The maximum absolute atomic E-state index is 14.1. The number of halogens is 2. The van der Waals surface area contributed by atoms with Crippen LogP contribution in [0.3, 0.4) is 0 Å². The van der Waals surface area contributed by atoms with Crippen molar-refractivity contribution in [1.29, 1.82) is 0 Å². The molecular weight excluding hydrogens is 677 g/mol. The van der Waals surface area contributed by atoms with Gasteiger partial charge in [-0.15, -0.1) is 11.6 Å². The molecule has 260 valence electrons. The summed E-state index contributed by atoms with van der Waals surface area (Å²) in [5, 5.41) is 23.2. The number of piperidine rings is 1. The normalized spacial score (nSPS) is 25.9. The number of carboxylic acid groups (broad SMARTS) is 1. The van der Waals surface area contributed by atoms with Gasteiger partial charge in [-0.05, 0) is 79.3 Å². The van der Waals surface area contributed by atoms with Gasteiger partial charge in [-0.2, -0.15) is 0 Å². The molecule has 0 saturated carbocycles. The van der Waals surface area contributed by atoms with Crippen LogP contribution in [0.5, 0.6) is 0 Å². The van der Waals surface area contributed by atoms with Crippen LogP contribution in [-0.2, 0) is 23.4 Å². The van der Waals surface area contributed by atoms with Crippen LogP contribution in [0.15, 0.2) is 83.4 Å². The number of fused-ring (bicyclic) bond motifs is 1. The smallest absolute Gasteiger partial charge is 0.320 e. The van der Waals surface area contributed by atoms with Gasteiger partial charge >= 0.3 is 5.97 Å². The summed E-state index contributed by atoms with van der Waals surface area (Å²) in [7, 11) is 0. The highest BCUT2D eigenvalue weighted by Crippen LogP contribution is 2.50. The first-order chi connectivity index (χ1) is 24.0. The molecule has 4 aromatic rings. The van der Waals surface area contributed by atoms with Gasteiger partial charge in [0.05, 0.1) is 11.1 Å². The number of benzene rings is 2. The predicted molar refractivity (Wildman–Crippen MR) is 192 cm³/mol. The number of likely N-dealkylation sites (tertiary alicyclic amines) is 2. The van der Waals surface area contributed by atoms with Gasteiger partial charge in [0.25, 0.3) is 5.91 Å². The van der Waals surface area contributed by atoms with Crippen molar-refractivity contribution >= 4 is 51.8 Å². The molecule has 2 aliphatic heterocycles. The van der Waals surface area contributed by atoms with E-state index >= 15 is 0 Å². The van der Waals surface area contributed by atoms with E-state index in [0.29, 0.717) is 48.7 Å². The van der Waals surface area contributed by atoms with Crippen molar-refractivity contribution in [3.8, 4) is 0 Å². The molecular formula is C38H39Cl2N5O5. The topological polar surface area (TPSA) is 132 Å². The minimum absolute atomic E-state index is 0.140. The number of nitrogens with zero attached hydrogens (tertiary/aromatic N) is 4. The van der Waals surface area contributed by atoms with Gasteiger partial charge in [0.1, 0.15) is 22.1 Å². The highest BCUT2D eigenvalue weighted by Gasteiger charge is 2.55. The Morgan fingerprint density at radius 2 is 1.88 bits per heavy atom. The summed E-state index contributed by atoms with van der Waals surface area (Å²) in [6.07, 6.45) is 10.0. The number of aliphatic carboxylic acids is 1. The first-order valence-corrected chi connectivity index (χ1v) is 17.7. The van der Waals surface area contributed by atoms with Crippen LogP contribution in [0.2, 0.25) is 5.02 Å². The fraction of sp³-hybridized carbons (Fsp3) is 0.368. The van der Waals surface area contributed by atoms with Crippen LogP contribution >= 0.6 is 23.2 Å². The van der Waals surface area contributed by atoms with Gasteiger partial charge in [-0.25, -0.2) is 4.98 Å². The number of carbonyl (C=O) groups excluding carboxylic acids is 1. The molecule has 3 aliphatic rings. The van der Waals surface area contributed by atoms with E-state index in [4.69, 9.17) is 32.6 Å². The number of carboxylic acids is 1. The zero-order valence-electron chi connectivity index (χ0n) is 27.7. The lowest BCUT2D eigenvalue weighted by molar-refractivity contribution is -0.144. The zero-order valence-corrected chi connectivity index (χ0v) is 29.2. The van der Waals surface area contributed by atoms with Crippen molar-refractivity contribution < 1.29 is 24.2 Å². The number of alkyl halides is 1. The number of oxazole rings is 1. The first-order valence-electron chi connectivity index (χ1n) is 16.9. The maximum atomic E-state index is 14.1. The van der Waals surface area contributed by atoms with Crippen molar-refractivity contribution in [2.75, 3.05) is 19.6 Å². The van der Waals surface area contributed by atoms with Crippen molar-refractivity contribution in [2.45, 2.75) is 68.3 Å². The number of aromatic nitrogens is 2. The minimum Gasteiger partial charge on any atom is -0.480 e. The van der Waals surface area contributed by atoms with E-state index in [2.05, 4.69) is 15.2 Å². The number of rotatable bonds is 9. The number of hydrogen-bond acceptors (Lipinski definition) is 8. The standard InChI is InChI=1S/C38H39Cl2N5O5/c1-37(40)28(26-8-3-2-4-9-26)10-7-15-38(37,43-34(47)30-13-12-24(20-41-30)21-44-17-14-27(46)23-44)36-42-31-19-25(18-29(39)33(31)50-36)22-45-16-6-5-11-32(45)35(48)49/h2-4,7-10,12-13,15,18-20,27,32,46H,5-6,11,14,16-17,21-23H2,1H3,(H,43,47)(H,48,49)/t27-,32-,37?,38?/m0/s1. The van der Waals surface area contributed by atoms with Gasteiger partial charge in [0.2, 0.25) is 5.89 Å². The molecule has 0 radical (unpaired) electrons. The molecule has 2 fully saturated rings. The van der Waals surface area contributed by atoms with Crippen LogP contribution in [-0.4, -0.2) is 78.5 Å². The van der Waals surface area contributed by atoms with Crippen LogP contribution in [0, 0.1) is 0 Å². The molecule has 2 unspecified atom stereocenters. The quantitative estimate of drug-likeness (QED) is 0.174. The Bertz CT molecular complexity index is 1960. The molecule has 2 aromatic heterocycles. The molecule has 2 aromatic carbocycles. The largest absolute Gasteiger partial charge is 0.480 e. The molecule has 1 amide bonds. The lowest BCUT2D eigenvalue weighted by atomic mass is 9.73. The highest BCUT2D eigenvalue weighted by molar-refractivity contribution is 6.35. The third kappa shape index (κ3) is 6.58. The third-order valence-electron chi connectivity index (χ3n) is 10.1. The fourth-order valence-corrected chi connectivity index (χ4v) is 8.03. The summed E-state index contributed by atoms with van der Waals surface area (Å²) in [6.45, 7) is 4.93. The Morgan fingerprint density at radius 3 is 2.60 bits per heavy atom. The Morgan fingerprint density at radius 1 is 1.06 bits per heavy atom. The van der Waals surface area contributed by atoms with Crippen molar-refractivity contribution in [3.05, 3.63) is 112 Å². The second kappa shape index (κ2) is 13.9. The molecule has 7 rings (SSSR count). The molecule has 50 heavy (non-hydrogen) atoms. The second-order valence-corrected chi connectivity index (χ2v) is 14.7. The lowest BCUT2D eigenvalue weighted by Crippen LogP contribution is -2.58. The summed E-state index contributed by atoms with van der Waals surface area (Å²) in [4.78, 5) is 38.3. The van der Waals surface area contributed by atoms with Crippen LogP contribution in [0.4, 0.5) is 0 Å². The number of aliphatic hydroxyl groups excluding tert-OH is 1. The number of allylic oxidation sites excluding steroid dienone is 2. The van der Waals surface area contributed by atoms with Crippen LogP contribution in [0.1, 0.15) is 65.7 Å². The Kier molecular flexibility index (Phi) is 9.58. The second-order valence-electron chi connectivity index (χ2n) is 13.6. The number of carbonyl (C=O) groups is 2. The first kappa shape index (κ1) is 34.4. The number of amides is 1. The molecule has 4 heterocycles.